The Kier molecular flexibility index (Phi) is 7.74. The van der Waals surface area contributed by atoms with Gasteiger partial charge in [-0.05, 0) is 55.6 Å². The topological polar surface area (TPSA) is 58.2 Å². The summed E-state index contributed by atoms with van der Waals surface area (Å²) in [5.74, 6) is 0.467. The number of hydrogen-bond acceptors (Lipinski definition) is 3. The fourth-order valence-corrected chi connectivity index (χ4v) is 4.05. The standard InChI is InChI=1S/C13H18Cl2N2O2S.ClH/c14-12-5-11(6-13(15)7-12)9-20(18,19)17-4-2-10-1-3-16-8-10;/h5-7,10,16-17H,1-4,8-9H2;1H. The maximum atomic E-state index is 12.0. The molecule has 0 spiro atoms. The summed E-state index contributed by atoms with van der Waals surface area (Å²) in [7, 11) is -3.35. The predicted octanol–water partition coefficient (Wildman–Crippen LogP) is 2.83. The maximum Gasteiger partial charge on any atom is 0.215 e. The Morgan fingerprint density at radius 2 is 1.90 bits per heavy atom. The van der Waals surface area contributed by atoms with Crippen LogP contribution >= 0.6 is 35.6 Å². The van der Waals surface area contributed by atoms with Crippen molar-refractivity contribution in [3.8, 4) is 0 Å². The van der Waals surface area contributed by atoms with Crippen molar-refractivity contribution < 1.29 is 8.42 Å². The largest absolute Gasteiger partial charge is 0.316 e. The maximum absolute atomic E-state index is 12.0. The van der Waals surface area contributed by atoms with Gasteiger partial charge in [-0.15, -0.1) is 12.4 Å². The molecule has 2 rings (SSSR count). The van der Waals surface area contributed by atoms with E-state index < -0.39 is 10.0 Å². The van der Waals surface area contributed by atoms with E-state index in [0.29, 0.717) is 28.1 Å². The van der Waals surface area contributed by atoms with Crippen LogP contribution in [0, 0.1) is 5.92 Å². The molecule has 0 saturated carbocycles. The minimum Gasteiger partial charge on any atom is -0.316 e. The molecule has 0 radical (unpaired) electrons. The minimum atomic E-state index is -3.35. The van der Waals surface area contributed by atoms with Crippen molar-refractivity contribution in [3.05, 3.63) is 33.8 Å². The van der Waals surface area contributed by atoms with E-state index in [2.05, 4.69) is 10.0 Å². The third kappa shape index (κ3) is 6.72. The fraction of sp³-hybridized carbons (Fsp3) is 0.538. The second-order valence-corrected chi connectivity index (χ2v) is 7.76. The first kappa shape index (κ1) is 19.0. The second-order valence-electron chi connectivity index (χ2n) is 5.08. The lowest BCUT2D eigenvalue weighted by molar-refractivity contribution is 0.519. The van der Waals surface area contributed by atoms with Crippen LogP contribution < -0.4 is 10.0 Å². The van der Waals surface area contributed by atoms with Crippen LogP contribution in [0.5, 0.6) is 0 Å². The summed E-state index contributed by atoms with van der Waals surface area (Å²) in [6, 6.07) is 4.82. The summed E-state index contributed by atoms with van der Waals surface area (Å²) in [5.41, 5.74) is 0.595. The Morgan fingerprint density at radius 3 is 2.48 bits per heavy atom. The summed E-state index contributed by atoms with van der Waals surface area (Å²) in [5, 5.41) is 4.15. The van der Waals surface area contributed by atoms with Crippen LogP contribution in [-0.2, 0) is 15.8 Å². The van der Waals surface area contributed by atoms with Crippen molar-refractivity contribution in [2.24, 2.45) is 5.92 Å². The van der Waals surface area contributed by atoms with E-state index in [1.165, 1.54) is 0 Å². The van der Waals surface area contributed by atoms with E-state index in [1.54, 1.807) is 18.2 Å². The average molecular weight is 374 g/mol. The molecule has 1 saturated heterocycles. The zero-order chi connectivity index (χ0) is 14.6. The van der Waals surface area contributed by atoms with Crippen LogP contribution in [0.4, 0.5) is 0 Å². The van der Waals surface area contributed by atoms with Gasteiger partial charge in [0.2, 0.25) is 10.0 Å². The molecule has 1 fully saturated rings. The summed E-state index contributed by atoms with van der Waals surface area (Å²) >= 11 is 11.7. The molecule has 0 aliphatic carbocycles. The van der Waals surface area contributed by atoms with Gasteiger partial charge < -0.3 is 5.32 Å². The van der Waals surface area contributed by atoms with Crippen molar-refractivity contribution in [2.75, 3.05) is 19.6 Å². The second kappa shape index (κ2) is 8.56. The highest BCUT2D eigenvalue weighted by Gasteiger charge is 2.16. The molecule has 1 aliphatic rings. The minimum absolute atomic E-state index is 0. The SMILES string of the molecule is Cl.O=S(=O)(Cc1cc(Cl)cc(Cl)c1)NCCC1CCNC1. The molecule has 1 unspecified atom stereocenters. The molecule has 0 aromatic heterocycles. The molecule has 120 valence electrons. The van der Waals surface area contributed by atoms with Crippen molar-refractivity contribution in [2.45, 2.75) is 18.6 Å². The molecule has 2 N–H and O–H groups in total. The van der Waals surface area contributed by atoms with E-state index in [0.717, 1.165) is 25.9 Å². The van der Waals surface area contributed by atoms with Gasteiger partial charge in [-0.2, -0.15) is 0 Å². The smallest absolute Gasteiger partial charge is 0.215 e. The van der Waals surface area contributed by atoms with Gasteiger partial charge in [0, 0.05) is 16.6 Å². The lowest BCUT2D eigenvalue weighted by Crippen LogP contribution is -2.27. The average Bonchev–Trinajstić information content (AvgIpc) is 2.79. The normalized spacial score (nSPS) is 18.5. The van der Waals surface area contributed by atoms with Crippen LogP contribution in [0.2, 0.25) is 10.0 Å². The van der Waals surface area contributed by atoms with Gasteiger partial charge in [-0.25, -0.2) is 13.1 Å². The van der Waals surface area contributed by atoms with Crippen molar-refractivity contribution in [1.29, 1.82) is 0 Å². The van der Waals surface area contributed by atoms with E-state index in [-0.39, 0.29) is 18.2 Å². The van der Waals surface area contributed by atoms with E-state index in [9.17, 15) is 8.42 Å². The van der Waals surface area contributed by atoms with Gasteiger partial charge >= 0.3 is 0 Å². The number of hydrogen-bond donors (Lipinski definition) is 2. The molecule has 4 nitrogen and oxygen atoms in total. The number of halogens is 3. The molecule has 1 aromatic carbocycles. The Hall–Kier alpha value is -0.0400. The van der Waals surface area contributed by atoms with E-state index in [1.807, 2.05) is 0 Å². The molecule has 8 heteroatoms. The lowest BCUT2D eigenvalue weighted by atomic mass is 10.1. The van der Waals surface area contributed by atoms with Gasteiger partial charge in [0.25, 0.3) is 0 Å². The highest BCUT2D eigenvalue weighted by atomic mass is 35.5. The number of rotatable bonds is 6. The fourth-order valence-electron chi connectivity index (χ4n) is 2.34. The lowest BCUT2D eigenvalue weighted by Gasteiger charge is -2.10. The molecule has 1 heterocycles. The first-order valence-corrected chi connectivity index (χ1v) is 8.98. The molecule has 21 heavy (non-hydrogen) atoms. The van der Waals surface area contributed by atoms with Crippen LogP contribution in [0.3, 0.4) is 0 Å². The first-order chi connectivity index (χ1) is 9.44. The first-order valence-electron chi connectivity index (χ1n) is 6.58. The molecule has 0 bridgehead atoms. The Balaban J connectivity index is 0.00000220. The van der Waals surface area contributed by atoms with E-state index in [4.69, 9.17) is 23.2 Å². The van der Waals surface area contributed by atoms with Crippen LogP contribution in [-0.4, -0.2) is 28.1 Å². The Bertz CT molecular complexity index is 540. The molecule has 1 atom stereocenters. The Morgan fingerprint density at radius 1 is 1.24 bits per heavy atom. The predicted molar refractivity (Wildman–Crippen MR) is 89.9 cm³/mol. The Labute approximate surface area is 142 Å². The monoisotopic (exact) mass is 372 g/mol. The molecular weight excluding hydrogens is 355 g/mol. The quantitative estimate of drug-likeness (QED) is 0.806. The molecule has 1 aliphatic heterocycles. The zero-order valence-electron chi connectivity index (χ0n) is 11.4. The van der Waals surface area contributed by atoms with Gasteiger partial charge in [-0.1, -0.05) is 23.2 Å². The summed E-state index contributed by atoms with van der Waals surface area (Å²) in [6.45, 7) is 2.48. The van der Waals surface area contributed by atoms with Crippen LogP contribution in [0.15, 0.2) is 18.2 Å². The number of benzene rings is 1. The van der Waals surface area contributed by atoms with Crippen LogP contribution in [0.25, 0.3) is 0 Å². The summed E-state index contributed by atoms with van der Waals surface area (Å²) in [6.07, 6.45) is 1.98. The van der Waals surface area contributed by atoms with Crippen molar-refractivity contribution in [3.63, 3.8) is 0 Å². The summed E-state index contributed by atoms with van der Waals surface area (Å²) < 4.78 is 26.6. The highest BCUT2D eigenvalue weighted by molar-refractivity contribution is 7.88. The highest BCUT2D eigenvalue weighted by Crippen LogP contribution is 2.20. The number of nitrogens with one attached hydrogen (secondary N) is 2. The van der Waals surface area contributed by atoms with Gasteiger partial charge in [0.1, 0.15) is 0 Å². The van der Waals surface area contributed by atoms with E-state index >= 15 is 0 Å². The van der Waals surface area contributed by atoms with Crippen molar-refractivity contribution >= 4 is 45.6 Å². The number of sulfonamides is 1. The molecular formula is C13H19Cl3N2O2S. The third-order valence-electron chi connectivity index (χ3n) is 3.32. The van der Waals surface area contributed by atoms with Crippen LogP contribution in [0.1, 0.15) is 18.4 Å². The van der Waals surface area contributed by atoms with Gasteiger partial charge in [0.05, 0.1) is 5.75 Å². The van der Waals surface area contributed by atoms with Crippen molar-refractivity contribution in [1.82, 2.24) is 10.0 Å². The van der Waals surface area contributed by atoms with Gasteiger partial charge in [0.15, 0.2) is 0 Å². The van der Waals surface area contributed by atoms with Gasteiger partial charge in [-0.3, -0.25) is 0 Å². The summed E-state index contributed by atoms with van der Waals surface area (Å²) in [4.78, 5) is 0. The molecule has 0 amide bonds. The zero-order valence-corrected chi connectivity index (χ0v) is 14.6. The third-order valence-corrected chi connectivity index (χ3v) is 5.11. The molecule has 1 aromatic rings.